The van der Waals surface area contributed by atoms with E-state index in [1.54, 1.807) is 7.11 Å². The van der Waals surface area contributed by atoms with Gasteiger partial charge in [-0.15, -0.1) is 0 Å². The van der Waals surface area contributed by atoms with E-state index in [0.29, 0.717) is 19.3 Å². The van der Waals surface area contributed by atoms with Crippen molar-refractivity contribution >= 4 is 0 Å². The van der Waals surface area contributed by atoms with E-state index >= 15 is 0 Å². The molecule has 0 aromatic rings. The van der Waals surface area contributed by atoms with E-state index < -0.39 is 0 Å². The zero-order valence-corrected chi connectivity index (χ0v) is 9.91. The molecule has 0 aliphatic rings. The molecule has 0 saturated carbocycles. The van der Waals surface area contributed by atoms with Crippen LogP contribution in [0.1, 0.15) is 40.0 Å². The molecular weight excluding hydrogens is 180 g/mol. The molecule has 0 radical (unpaired) electrons. The average Bonchev–Trinajstić information content (AvgIpc) is 2.20. The predicted octanol–water partition coefficient (Wildman–Crippen LogP) is 2.59. The minimum Gasteiger partial charge on any atom is -0.381 e. The topological polar surface area (TPSA) is 27.7 Å². The molecule has 0 rings (SSSR count). The predicted molar refractivity (Wildman–Crippen MR) is 57.4 cm³/mol. The quantitative estimate of drug-likeness (QED) is 0.540. The van der Waals surface area contributed by atoms with Crippen molar-refractivity contribution in [2.75, 3.05) is 20.3 Å². The van der Waals surface area contributed by atoms with Gasteiger partial charge in [0.1, 0.15) is 0 Å². The van der Waals surface area contributed by atoms with Crippen LogP contribution in [0.3, 0.4) is 0 Å². The van der Waals surface area contributed by atoms with Gasteiger partial charge in [0, 0.05) is 26.7 Å². The molecule has 0 aromatic carbocycles. The van der Waals surface area contributed by atoms with Crippen LogP contribution in [0.4, 0.5) is 0 Å². The smallest absolute Gasteiger partial charge is 0.157 e. The highest BCUT2D eigenvalue weighted by Gasteiger charge is 2.11. The van der Waals surface area contributed by atoms with E-state index in [4.69, 9.17) is 14.2 Å². The summed E-state index contributed by atoms with van der Waals surface area (Å²) in [4.78, 5) is 0. The van der Waals surface area contributed by atoms with Crippen LogP contribution in [0.5, 0.6) is 0 Å². The number of hydrogen-bond acceptors (Lipinski definition) is 3. The summed E-state index contributed by atoms with van der Waals surface area (Å²) in [6, 6.07) is 0. The van der Waals surface area contributed by atoms with Crippen molar-refractivity contribution < 1.29 is 14.2 Å². The first-order valence-electron chi connectivity index (χ1n) is 5.54. The Bertz CT molecular complexity index is 107. The van der Waals surface area contributed by atoms with Gasteiger partial charge in [0.25, 0.3) is 0 Å². The van der Waals surface area contributed by atoms with E-state index in [2.05, 4.69) is 6.92 Å². The van der Waals surface area contributed by atoms with Crippen molar-refractivity contribution in [3.05, 3.63) is 0 Å². The summed E-state index contributed by atoms with van der Waals surface area (Å²) in [7, 11) is 1.75. The lowest BCUT2D eigenvalue weighted by Crippen LogP contribution is -2.20. The highest BCUT2D eigenvalue weighted by molar-refractivity contribution is 4.57. The maximum Gasteiger partial charge on any atom is 0.157 e. The Morgan fingerprint density at radius 2 is 1.50 bits per heavy atom. The third-order valence-corrected chi connectivity index (χ3v) is 2.22. The van der Waals surface area contributed by atoms with Gasteiger partial charge in [-0.25, -0.2) is 0 Å². The Labute approximate surface area is 87.7 Å². The van der Waals surface area contributed by atoms with Crippen molar-refractivity contribution in [3.8, 4) is 0 Å². The normalized spacial score (nSPS) is 13.5. The molecule has 0 fully saturated rings. The third-order valence-electron chi connectivity index (χ3n) is 2.22. The van der Waals surface area contributed by atoms with Gasteiger partial charge < -0.3 is 14.2 Å². The molecular formula is C11H24O3. The molecule has 0 heterocycles. The molecule has 0 aliphatic heterocycles. The van der Waals surface area contributed by atoms with Crippen molar-refractivity contribution in [2.45, 2.75) is 52.4 Å². The van der Waals surface area contributed by atoms with Crippen LogP contribution in [0.15, 0.2) is 0 Å². The summed E-state index contributed by atoms with van der Waals surface area (Å²) in [5, 5.41) is 0. The van der Waals surface area contributed by atoms with Crippen molar-refractivity contribution in [1.82, 2.24) is 0 Å². The molecule has 0 bridgehead atoms. The van der Waals surface area contributed by atoms with Crippen molar-refractivity contribution in [1.29, 1.82) is 0 Å². The second-order valence-electron chi connectivity index (χ2n) is 3.18. The Hall–Kier alpha value is -0.120. The second kappa shape index (κ2) is 9.44. The molecule has 3 nitrogen and oxygen atoms in total. The Morgan fingerprint density at radius 3 is 1.86 bits per heavy atom. The molecule has 1 atom stereocenters. The van der Waals surface area contributed by atoms with Gasteiger partial charge in [-0.05, 0) is 26.7 Å². The van der Waals surface area contributed by atoms with Crippen LogP contribution in [0.25, 0.3) is 0 Å². The zero-order valence-electron chi connectivity index (χ0n) is 9.91. The Kier molecular flexibility index (Phi) is 9.35. The summed E-state index contributed by atoms with van der Waals surface area (Å²) in [5.74, 6) is 0. The van der Waals surface area contributed by atoms with E-state index in [1.807, 2.05) is 13.8 Å². The minimum atomic E-state index is -0.0609. The molecule has 86 valence electrons. The molecule has 14 heavy (non-hydrogen) atoms. The standard InChI is InChI=1S/C11H24O3/c1-5-10(12-4)8-9-11(13-6-2)14-7-3/h10-11H,5-9H2,1-4H3. The number of methoxy groups -OCH3 is 1. The summed E-state index contributed by atoms with van der Waals surface area (Å²) >= 11 is 0. The van der Waals surface area contributed by atoms with Gasteiger partial charge in [-0.3, -0.25) is 0 Å². The molecule has 0 aliphatic carbocycles. The zero-order chi connectivity index (χ0) is 10.8. The molecule has 0 amide bonds. The van der Waals surface area contributed by atoms with Gasteiger partial charge in [0.05, 0.1) is 6.10 Å². The summed E-state index contributed by atoms with van der Waals surface area (Å²) in [5.41, 5.74) is 0. The Morgan fingerprint density at radius 1 is 0.929 bits per heavy atom. The third kappa shape index (κ3) is 6.35. The fourth-order valence-electron chi connectivity index (χ4n) is 1.40. The average molecular weight is 204 g/mol. The number of hydrogen-bond donors (Lipinski definition) is 0. The van der Waals surface area contributed by atoms with Crippen molar-refractivity contribution in [2.24, 2.45) is 0 Å². The van der Waals surface area contributed by atoms with E-state index in [0.717, 1.165) is 19.3 Å². The van der Waals surface area contributed by atoms with Crippen LogP contribution < -0.4 is 0 Å². The number of ether oxygens (including phenoxy) is 3. The van der Waals surface area contributed by atoms with Crippen LogP contribution in [0, 0.1) is 0 Å². The van der Waals surface area contributed by atoms with Crippen LogP contribution in [-0.2, 0) is 14.2 Å². The summed E-state index contributed by atoms with van der Waals surface area (Å²) in [6.45, 7) is 7.51. The first-order chi connectivity index (χ1) is 6.78. The van der Waals surface area contributed by atoms with Crippen molar-refractivity contribution in [3.63, 3.8) is 0 Å². The fraction of sp³-hybridized carbons (Fsp3) is 1.00. The molecule has 0 spiro atoms. The van der Waals surface area contributed by atoms with Gasteiger partial charge in [-0.1, -0.05) is 6.92 Å². The first kappa shape index (κ1) is 13.9. The molecule has 0 saturated heterocycles. The molecule has 3 heteroatoms. The van der Waals surface area contributed by atoms with Crippen LogP contribution in [0.2, 0.25) is 0 Å². The largest absolute Gasteiger partial charge is 0.381 e. The monoisotopic (exact) mass is 204 g/mol. The summed E-state index contributed by atoms with van der Waals surface area (Å²) in [6.07, 6.45) is 3.22. The Balaban J connectivity index is 3.67. The molecule has 0 aromatic heterocycles. The first-order valence-corrected chi connectivity index (χ1v) is 5.54. The maximum absolute atomic E-state index is 5.44. The second-order valence-corrected chi connectivity index (χ2v) is 3.18. The highest BCUT2D eigenvalue weighted by atomic mass is 16.7. The summed E-state index contributed by atoms with van der Waals surface area (Å²) < 4.78 is 16.2. The number of rotatable bonds is 9. The van der Waals surface area contributed by atoms with Gasteiger partial charge in [-0.2, -0.15) is 0 Å². The lowest BCUT2D eigenvalue weighted by Gasteiger charge is -2.19. The van der Waals surface area contributed by atoms with Crippen LogP contribution >= 0.6 is 0 Å². The maximum atomic E-state index is 5.44. The van der Waals surface area contributed by atoms with E-state index in [1.165, 1.54) is 0 Å². The van der Waals surface area contributed by atoms with Gasteiger partial charge in [0.15, 0.2) is 6.29 Å². The van der Waals surface area contributed by atoms with Crippen LogP contribution in [-0.4, -0.2) is 32.7 Å². The molecule has 0 N–H and O–H groups in total. The van der Waals surface area contributed by atoms with Gasteiger partial charge in [0.2, 0.25) is 0 Å². The van der Waals surface area contributed by atoms with Gasteiger partial charge >= 0.3 is 0 Å². The lowest BCUT2D eigenvalue weighted by molar-refractivity contribution is -0.143. The van der Waals surface area contributed by atoms with E-state index in [-0.39, 0.29) is 6.29 Å². The lowest BCUT2D eigenvalue weighted by atomic mass is 10.1. The SMILES string of the molecule is CCOC(CCC(CC)OC)OCC. The molecule has 1 unspecified atom stereocenters. The highest BCUT2D eigenvalue weighted by Crippen LogP contribution is 2.11. The minimum absolute atomic E-state index is 0.0609. The van der Waals surface area contributed by atoms with E-state index in [9.17, 15) is 0 Å². The fourth-order valence-corrected chi connectivity index (χ4v) is 1.40.